The van der Waals surface area contributed by atoms with Gasteiger partial charge in [-0.3, -0.25) is 0 Å². The third kappa shape index (κ3) is 3.14. The number of nitrogens with zero attached hydrogens (tertiary/aromatic N) is 2. The summed E-state index contributed by atoms with van der Waals surface area (Å²) in [6.45, 7) is 3.66. The van der Waals surface area contributed by atoms with Crippen molar-refractivity contribution in [2.45, 2.75) is 24.9 Å². The summed E-state index contributed by atoms with van der Waals surface area (Å²) in [5, 5.41) is 4.10. The zero-order valence-electron chi connectivity index (χ0n) is 13.9. The number of aryl methyl sites for hydroxylation is 1. The molecule has 2 aromatic carbocycles. The number of aromatic nitrogens is 2. The zero-order valence-corrected chi connectivity index (χ0v) is 14.7. The highest BCUT2D eigenvalue weighted by Gasteiger charge is 2.32. The van der Waals surface area contributed by atoms with Crippen LogP contribution in [0.1, 0.15) is 18.1 Å². The van der Waals surface area contributed by atoms with Crippen molar-refractivity contribution in [2.24, 2.45) is 0 Å². The maximum Gasteiger partial charge on any atom is 0.416 e. The fraction of sp³-hybridized carbons (Fsp3) is 0.235. The first-order valence-corrected chi connectivity index (χ1v) is 9.13. The van der Waals surface area contributed by atoms with Gasteiger partial charge < -0.3 is 4.74 Å². The number of hydrogen-bond donors (Lipinski definition) is 0. The van der Waals surface area contributed by atoms with Crippen LogP contribution in [0.4, 0.5) is 13.2 Å². The molecule has 0 unspecified atom stereocenters. The third-order valence-electron chi connectivity index (χ3n) is 3.77. The van der Waals surface area contributed by atoms with Crippen LogP contribution < -0.4 is 4.74 Å². The molecule has 0 saturated heterocycles. The monoisotopic (exact) mass is 384 g/mol. The van der Waals surface area contributed by atoms with Crippen LogP contribution in [0.5, 0.6) is 5.88 Å². The highest BCUT2D eigenvalue weighted by Crippen LogP contribution is 2.35. The van der Waals surface area contributed by atoms with Gasteiger partial charge in [0.05, 0.1) is 28.0 Å². The van der Waals surface area contributed by atoms with Crippen molar-refractivity contribution in [1.29, 1.82) is 0 Å². The van der Waals surface area contributed by atoms with Gasteiger partial charge in [0, 0.05) is 0 Å². The standard InChI is InChI=1S/C17H15F3N2O3S/c1-3-25-16-14-9-6-12(17(18,19)20)10-15(14)22(21-16)26(23,24)13-7-4-11(2)5-8-13/h4-10H,3H2,1-2H3. The van der Waals surface area contributed by atoms with Gasteiger partial charge in [0.25, 0.3) is 10.0 Å². The van der Waals surface area contributed by atoms with Crippen LogP contribution >= 0.6 is 0 Å². The van der Waals surface area contributed by atoms with Gasteiger partial charge in [-0.2, -0.15) is 21.6 Å². The number of benzene rings is 2. The van der Waals surface area contributed by atoms with Crippen molar-refractivity contribution < 1.29 is 26.3 Å². The molecule has 0 N–H and O–H groups in total. The van der Waals surface area contributed by atoms with E-state index in [9.17, 15) is 21.6 Å². The molecule has 138 valence electrons. The van der Waals surface area contributed by atoms with Crippen molar-refractivity contribution in [2.75, 3.05) is 6.61 Å². The Bertz CT molecular complexity index is 1060. The van der Waals surface area contributed by atoms with E-state index in [2.05, 4.69) is 5.10 Å². The molecule has 0 fully saturated rings. The second-order valence-electron chi connectivity index (χ2n) is 5.63. The maximum absolute atomic E-state index is 13.1. The molecule has 1 aromatic heterocycles. The van der Waals surface area contributed by atoms with E-state index in [1.54, 1.807) is 26.0 Å². The van der Waals surface area contributed by atoms with Crippen molar-refractivity contribution in [3.63, 3.8) is 0 Å². The SMILES string of the molecule is CCOc1nn(S(=O)(=O)c2ccc(C)cc2)c2cc(C(F)(F)F)ccc12. The van der Waals surface area contributed by atoms with Crippen LogP contribution in [0.3, 0.4) is 0 Å². The van der Waals surface area contributed by atoms with Gasteiger partial charge in [-0.15, -0.1) is 9.19 Å². The average Bonchev–Trinajstić information content (AvgIpc) is 2.94. The molecule has 1 heterocycles. The molecule has 0 bridgehead atoms. The van der Waals surface area contributed by atoms with Gasteiger partial charge in [0.1, 0.15) is 0 Å². The summed E-state index contributed by atoms with van der Waals surface area (Å²) in [5.74, 6) is -0.0353. The third-order valence-corrected chi connectivity index (χ3v) is 5.37. The van der Waals surface area contributed by atoms with E-state index in [4.69, 9.17) is 4.74 Å². The molecule has 0 amide bonds. The molecule has 0 aliphatic carbocycles. The van der Waals surface area contributed by atoms with E-state index >= 15 is 0 Å². The Morgan fingerprint density at radius 1 is 1.12 bits per heavy atom. The molecule has 5 nitrogen and oxygen atoms in total. The Hall–Kier alpha value is -2.55. The van der Waals surface area contributed by atoms with E-state index < -0.39 is 21.8 Å². The number of halogens is 3. The van der Waals surface area contributed by atoms with Gasteiger partial charge in [-0.25, -0.2) is 0 Å². The first-order chi connectivity index (χ1) is 12.1. The van der Waals surface area contributed by atoms with Crippen LogP contribution in [-0.2, 0) is 16.2 Å². The minimum Gasteiger partial charge on any atom is -0.476 e. The van der Waals surface area contributed by atoms with Gasteiger partial charge in [-0.1, -0.05) is 17.7 Å². The first-order valence-electron chi connectivity index (χ1n) is 7.69. The summed E-state index contributed by atoms with van der Waals surface area (Å²) in [6, 6.07) is 8.76. The Balaban J connectivity index is 2.28. The fourth-order valence-corrected chi connectivity index (χ4v) is 3.75. The molecule has 0 atom stereocenters. The quantitative estimate of drug-likeness (QED) is 0.682. The highest BCUT2D eigenvalue weighted by atomic mass is 32.2. The molecule has 3 aromatic rings. The van der Waals surface area contributed by atoms with E-state index in [-0.39, 0.29) is 28.3 Å². The topological polar surface area (TPSA) is 61.2 Å². The average molecular weight is 384 g/mol. The molecule has 26 heavy (non-hydrogen) atoms. The fourth-order valence-electron chi connectivity index (χ4n) is 2.47. The van der Waals surface area contributed by atoms with Gasteiger partial charge in [0.15, 0.2) is 0 Å². The Kier molecular flexibility index (Phi) is 4.43. The molecule has 0 radical (unpaired) electrons. The van der Waals surface area contributed by atoms with Gasteiger partial charge in [-0.05, 0) is 44.2 Å². The Morgan fingerprint density at radius 3 is 2.35 bits per heavy atom. The van der Waals surface area contributed by atoms with Crippen molar-refractivity contribution in [3.05, 3.63) is 53.6 Å². The van der Waals surface area contributed by atoms with Crippen LogP contribution in [0.2, 0.25) is 0 Å². The summed E-state index contributed by atoms with van der Waals surface area (Å²) in [6.07, 6.45) is -4.61. The van der Waals surface area contributed by atoms with Crippen LogP contribution in [0, 0.1) is 6.92 Å². The molecule has 0 aliphatic heterocycles. The maximum atomic E-state index is 13.1. The van der Waals surface area contributed by atoms with Crippen LogP contribution in [-0.4, -0.2) is 24.2 Å². The molecular weight excluding hydrogens is 369 g/mol. The molecular formula is C17H15F3N2O3S. The number of hydrogen-bond acceptors (Lipinski definition) is 4. The largest absolute Gasteiger partial charge is 0.476 e. The lowest BCUT2D eigenvalue weighted by molar-refractivity contribution is -0.137. The summed E-state index contributed by atoms with van der Waals surface area (Å²) in [5.41, 5.74) is -0.305. The van der Waals surface area contributed by atoms with Crippen LogP contribution in [0.15, 0.2) is 47.4 Å². The summed E-state index contributed by atoms with van der Waals surface area (Å²) in [7, 11) is -4.18. The normalized spacial score (nSPS) is 12.5. The Labute approximate surface area is 148 Å². The summed E-state index contributed by atoms with van der Waals surface area (Å²) in [4.78, 5) is -0.0760. The predicted octanol–water partition coefficient (Wildman–Crippen LogP) is 4.00. The number of ether oxygens (including phenoxy) is 1. The minimum absolute atomic E-state index is 0.0353. The van der Waals surface area contributed by atoms with Crippen LogP contribution in [0.25, 0.3) is 10.9 Å². The molecule has 0 spiro atoms. The zero-order chi connectivity index (χ0) is 19.1. The summed E-state index contributed by atoms with van der Waals surface area (Å²) < 4.78 is 70.9. The number of fused-ring (bicyclic) bond motifs is 1. The van der Waals surface area contributed by atoms with E-state index in [0.717, 1.165) is 23.8 Å². The second-order valence-corrected chi connectivity index (χ2v) is 7.40. The smallest absolute Gasteiger partial charge is 0.416 e. The Morgan fingerprint density at radius 2 is 1.77 bits per heavy atom. The highest BCUT2D eigenvalue weighted by molar-refractivity contribution is 7.90. The minimum atomic E-state index is -4.61. The lowest BCUT2D eigenvalue weighted by Crippen LogP contribution is -2.15. The van der Waals surface area contributed by atoms with Gasteiger partial charge in [0.2, 0.25) is 5.88 Å². The number of alkyl halides is 3. The van der Waals surface area contributed by atoms with Gasteiger partial charge >= 0.3 is 6.18 Å². The molecule has 9 heteroatoms. The number of rotatable bonds is 4. The molecule has 3 rings (SSSR count). The van der Waals surface area contributed by atoms with Crippen molar-refractivity contribution in [3.8, 4) is 5.88 Å². The predicted molar refractivity (Wildman–Crippen MR) is 89.7 cm³/mol. The lowest BCUT2D eigenvalue weighted by Gasteiger charge is -2.08. The lowest BCUT2D eigenvalue weighted by atomic mass is 10.1. The summed E-state index contributed by atoms with van der Waals surface area (Å²) >= 11 is 0. The van der Waals surface area contributed by atoms with Crippen molar-refractivity contribution >= 4 is 20.9 Å². The molecule has 0 saturated carbocycles. The van der Waals surface area contributed by atoms with E-state index in [1.807, 2.05) is 0 Å². The van der Waals surface area contributed by atoms with Crippen molar-refractivity contribution in [1.82, 2.24) is 9.19 Å². The first kappa shape index (κ1) is 18.2. The van der Waals surface area contributed by atoms with E-state index in [1.165, 1.54) is 12.1 Å². The second kappa shape index (κ2) is 6.31. The molecule has 0 aliphatic rings. The van der Waals surface area contributed by atoms with E-state index in [0.29, 0.717) is 4.09 Å².